The normalized spacial score (nSPS) is 10.5. The lowest BCUT2D eigenvalue weighted by Crippen LogP contribution is -2.12. The standard InChI is InChI=1S/C32H34BO8S2/c1-34-21-15-27(36-3)23(28(16-21)37-4)19-42-31-13-9-7-11-25(31)40-33-41-26-12-8-10-14-32(26)43-20-24-29(38-5)17-22(35-2)18-30(24)39-6/h7-18H,19-20H2,1-6H3. The molecule has 0 bridgehead atoms. The first-order chi connectivity index (χ1) is 21.0. The van der Waals surface area contributed by atoms with Crippen LogP contribution in [-0.4, -0.2) is 50.3 Å². The minimum atomic E-state index is 0.593. The van der Waals surface area contributed by atoms with E-state index in [-0.39, 0.29) is 0 Å². The molecule has 0 fully saturated rings. The summed E-state index contributed by atoms with van der Waals surface area (Å²) in [5.74, 6) is 6.61. The lowest BCUT2D eigenvalue weighted by molar-refractivity contribution is 0.370. The number of thioether (sulfide) groups is 2. The van der Waals surface area contributed by atoms with Crippen LogP contribution in [0, 0.1) is 0 Å². The Kier molecular flexibility index (Phi) is 11.9. The lowest BCUT2D eigenvalue weighted by atomic mass is 10.2. The maximum absolute atomic E-state index is 5.98. The van der Waals surface area contributed by atoms with Gasteiger partial charge < -0.3 is 37.7 Å². The number of hydrogen-bond donors (Lipinski definition) is 0. The monoisotopic (exact) mass is 621 g/mol. The maximum Gasteiger partial charge on any atom is 0.658 e. The number of ether oxygens (including phenoxy) is 6. The Morgan fingerprint density at radius 2 is 0.814 bits per heavy atom. The van der Waals surface area contributed by atoms with Gasteiger partial charge in [0, 0.05) is 56.7 Å². The summed E-state index contributed by atoms with van der Waals surface area (Å²) in [6.45, 7) is 0. The Morgan fingerprint density at radius 1 is 0.465 bits per heavy atom. The van der Waals surface area contributed by atoms with Crippen LogP contribution in [0.1, 0.15) is 11.1 Å². The third-order valence-corrected chi connectivity index (χ3v) is 8.59. The zero-order chi connectivity index (χ0) is 30.6. The molecule has 225 valence electrons. The zero-order valence-corrected chi connectivity index (χ0v) is 26.6. The SMILES string of the molecule is COc1cc(OC)c(CSc2ccccc2O[B]Oc2ccccc2SCc2c(OC)cc(OC)cc2OC)c(OC)c1. The van der Waals surface area contributed by atoms with E-state index >= 15 is 0 Å². The van der Waals surface area contributed by atoms with Crippen molar-refractivity contribution in [2.24, 2.45) is 0 Å². The van der Waals surface area contributed by atoms with Gasteiger partial charge in [0.1, 0.15) is 46.0 Å². The molecule has 0 saturated heterocycles. The van der Waals surface area contributed by atoms with Gasteiger partial charge in [0.05, 0.1) is 42.7 Å². The van der Waals surface area contributed by atoms with E-state index in [1.165, 1.54) is 7.69 Å². The van der Waals surface area contributed by atoms with Gasteiger partial charge in [-0.2, -0.15) is 0 Å². The number of para-hydroxylation sites is 2. The molecule has 4 aromatic carbocycles. The Hall–Kier alpha value is -3.96. The van der Waals surface area contributed by atoms with E-state index in [9.17, 15) is 0 Å². The van der Waals surface area contributed by atoms with Crippen molar-refractivity contribution < 1.29 is 37.7 Å². The molecular formula is C32H34BO8S2. The van der Waals surface area contributed by atoms with E-state index in [1.807, 2.05) is 72.8 Å². The van der Waals surface area contributed by atoms with Crippen LogP contribution in [0.3, 0.4) is 0 Å². The quantitative estimate of drug-likeness (QED) is 0.0939. The molecule has 0 aliphatic carbocycles. The van der Waals surface area contributed by atoms with E-state index in [0.717, 1.165) is 20.9 Å². The summed E-state index contributed by atoms with van der Waals surface area (Å²) in [6.07, 6.45) is 0. The van der Waals surface area contributed by atoms with Gasteiger partial charge in [-0.1, -0.05) is 24.3 Å². The zero-order valence-electron chi connectivity index (χ0n) is 25.0. The summed E-state index contributed by atoms with van der Waals surface area (Å²) in [4.78, 5) is 1.87. The maximum atomic E-state index is 5.98. The van der Waals surface area contributed by atoms with Crippen LogP contribution < -0.4 is 37.7 Å². The second-order valence-electron chi connectivity index (χ2n) is 8.82. The fraction of sp³-hybridized carbons (Fsp3) is 0.250. The van der Waals surface area contributed by atoms with Gasteiger partial charge in [-0.15, -0.1) is 23.5 Å². The first-order valence-electron chi connectivity index (χ1n) is 13.2. The molecule has 0 heterocycles. The third kappa shape index (κ3) is 8.12. The average molecular weight is 622 g/mol. The molecule has 0 N–H and O–H groups in total. The van der Waals surface area contributed by atoms with E-state index in [1.54, 1.807) is 66.2 Å². The average Bonchev–Trinajstić information content (AvgIpc) is 3.06. The van der Waals surface area contributed by atoms with Crippen molar-refractivity contribution in [3.63, 3.8) is 0 Å². The molecule has 0 aromatic heterocycles. The second kappa shape index (κ2) is 16.0. The van der Waals surface area contributed by atoms with Gasteiger partial charge >= 0.3 is 7.69 Å². The number of rotatable bonds is 16. The van der Waals surface area contributed by atoms with E-state index < -0.39 is 0 Å². The summed E-state index contributed by atoms with van der Waals surface area (Å²) >= 11 is 3.20. The van der Waals surface area contributed by atoms with Crippen molar-refractivity contribution >= 4 is 31.2 Å². The minimum Gasteiger partial charge on any atom is -0.525 e. The van der Waals surface area contributed by atoms with Gasteiger partial charge in [-0.05, 0) is 24.3 Å². The van der Waals surface area contributed by atoms with Gasteiger partial charge in [-0.3, -0.25) is 0 Å². The molecule has 0 aliphatic heterocycles. The van der Waals surface area contributed by atoms with Crippen LogP contribution in [-0.2, 0) is 11.5 Å². The molecule has 1 radical (unpaired) electrons. The van der Waals surface area contributed by atoms with Gasteiger partial charge in [0.2, 0.25) is 0 Å². The summed E-state index contributed by atoms with van der Waals surface area (Å²) in [5.41, 5.74) is 1.84. The fourth-order valence-electron chi connectivity index (χ4n) is 4.20. The van der Waals surface area contributed by atoms with Crippen molar-refractivity contribution in [2.75, 3.05) is 42.7 Å². The van der Waals surface area contributed by atoms with Crippen LogP contribution >= 0.6 is 23.5 Å². The molecule has 0 saturated carbocycles. The molecule has 0 atom stereocenters. The minimum absolute atomic E-state index is 0.593. The number of hydrogen-bond acceptors (Lipinski definition) is 10. The molecule has 0 spiro atoms. The van der Waals surface area contributed by atoms with Gasteiger partial charge in [-0.25, -0.2) is 0 Å². The van der Waals surface area contributed by atoms with Crippen LogP contribution in [0.25, 0.3) is 0 Å². The first-order valence-corrected chi connectivity index (χ1v) is 15.2. The summed E-state index contributed by atoms with van der Waals surface area (Å²) in [5, 5.41) is 0. The van der Waals surface area contributed by atoms with Crippen molar-refractivity contribution in [1.29, 1.82) is 0 Å². The molecule has 0 unspecified atom stereocenters. The largest absolute Gasteiger partial charge is 0.658 e. The van der Waals surface area contributed by atoms with Crippen molar-refractivity contribution in [3.05, 3.63) is 83.9 Å². The molecule has 0 amide bonds. The van der Waals surface area contributed by atoms with E-state index in [0.29, 0.717) is 57.5 Å². The summed E-state index contributed by atoms with van der Waals surface area (Å²) in [7, 11) is 11.1. The van der Waals surface area contributed by atoms with Crippen molar-refractivity contribution in [3.8, 4) is 46.0 Å². The molecular weight excluding hydrogens is 587 g/mol. The molecule has 4 rings (SSSR count). The van der Waals surface area contributed by atoms with Crippen LogP contribution in [0.4, 0.5) is 0 Å². The molecule has 11 heteroatoms. The van der Waals surface area contributed by atoms with Gasteiger partial charge in [0.25, 0.3) is 0 Å². The summed E-state index contributed by atoms with van der Waals surface area (Å²) in [6, 6.07) is 22.9. The Bertz CT molecular complexity index is 1340. The highest BCUT2D eigenvalue weighted by molar-refractivity contribution is 7.98. The topological polar surface area (TPSA) is 73.8 Å². The Labute approximate surface area is 262 Å². The molecule has 0 aliphatic rings. The Balaban J connectivity index is 1.42. The number of benzene rings is 4. The molecule has 43 heavy (non-hydrogen) atoms. The fourth-order valence-corrected chi connectivity index (χ4v) is 6.24. The third-order valence-electron chi connectivity index (χ3n) is 6.43. The van der Waals surface area contributed by atoms with E-state index in [2.05, 4.69) is 0 Å². The molecule has 8 nitrogen and oxygen atoms in total. The van der Waals surface area contributed by atoms with E-state index in [4.69, 9.17) is 37.7 Å². The highest BCUT2D eigenvalue weighted by Gasteiger charge is 2.17. The first kappa shape index (κ1) is 32.0. The van der Waals surface area contributed by atoms with Crippen LogP contribution in [0.2, 0.25) is 0 Å². The van der Waals surface area contributed by atoms with Crippen LogP contribution in [0.5, 0.6) is 46.0 Å². The van der Waals surface area contributed by atoms with Crippen molar-refractivity contribution in [2.45, 2.75) is 21.3 Å². The highest BCUT2D eigenvalue weighted by Crippen LogP contribution is 2.41. The smallest absolute Gasteiger partial charge is 0.525 e. The predicted octanol–water partition coefficient (Wildman–Crippen LogP) is 7.31. The summed E-state index contributed by atoms with van der Waals surface area (Å²) < 4.78 is 45.1. The number of methoxy groups -OCH3 is 6. The second-order valence-corrected chi connectivity index (χ2v) is 10.9. The Morgan fingerprint density at radius 3 is 1.14 bits per heavy atom. The predicted molar refractivity (Wildman–Crippen MR) is 171 cm³/mol. The van der Waals surface area contributed by atoms with Crippen molar-refractivity contribution in [1.82, 2.24) is 0 Å². The lowest BCUT2D eigenvalue weighted by Gasteiger charge is -2.17. The van der Waals surface area contributed by atoms with Crippen LogP contribution in [0.15, 0.2) is 82.6 Å². The molecule has 4 aromatic rings. The van der Waals surface area contributed by atoms with Gasteiger partial charge in [0.15, 0.2) is 0 Å². The highest BCUT2D eigenvalue weighted by atomic mass is 32.2.